The Morgan fingerprint density at radius 3 is 2.37 bits per heavy atom. The first-order valence-corrected chi connectivity index (χ1v) is 8.53. The van der Waals surface area contributed by atoms with Gasteiger partial charge in [0, 0.05) is 5.69 Å². The Morgan fingerprint density at radius 1 is 1.15 bits per heavy atom. The summed E-state index contributed by atoms with van der Waals surface area (Å²) in [5.74, 6) is -0.876. The smallest absolute Gasteiger partial charge is 0.335 e. The molecule has 0 heterocycles. The van der Waals surface area contributed by atoms with Crippen molar-refractivity contribution >= 4 is 23.6 Å². The van der Waals surface area contributed by atoms with E-state index in [4.69, 9.17) is 9.84 Å². The summed E-state index contributed by atoms with van der Waals surface area (Å²) in [5.41, 5.74) is 1.17. The van der Waals surface area contributed by atoms with Crippen LogP contribution < -0.4 is 10.1 Å². The molecule has 0 aliphatic heterocycles. The summed E-state index contributed by atoms with van der Waals surface area (Å²) in [6, 6.07) is 14.7. The molecule has 0 unspecified atom stereocenters. The third-order valence-electron chi connectivity index (χ3n) is 3.71. The zero-order valence-corrected chi connectivity index (χ0v) is 14.9. The van der Waals surface area contributed by atoms with E-state index in [1.54, 1.807) is 24.3 Å². The van der Waals surface area contributed by atoms with Crippen molar-refractivity contribution in [2.75, 3.05) is 11.9 Å². The fourth-order valence-electron chi connectivity index (χ4n) is 2.20. The fraction of sp³-hybridized carbons (Fsp3) is 0.190. The van der Waals surface area contributed by atoms with Gasteiger partial charge in [0.15, 0.2) is 0 Å². The number of nitrogens with one attached hydrogen (secondary N) is 1. The molecular formula is C21H20N2O4. The van der Waals surface area contributed by atoms with Gasteiger partial charge in [0.2, 0.25) is 0 Å². The van der Waals surface area contributed by atoms with Gasteiger partial charge in [-0.3, -0.25) is 4.79 Å². The van der Waals surface area contributed by atoms with Gasteiger partial charge in [0.25, 0.3) is 5.91 Å². The Labute approximate surface area is 157 Å². The SMILES string of the molecule is CCCCOc1ccc(/C=C(\C#N)C(=O)Nc2ccc(C(=O)O)cc2)cc1. The van der Waals surface area contributed by atoms with Crippen molar-refractivity contribution in [2.24, 2.45) is 0 Å². The number of nitrogens with zero attached hydrogens (tertiary/aromatic N) is 1. The Hall–Kier alpha value is -3.59. The van der Waals surface area contributed by atoms with Crippen molar-refractivity contribution < 1.29 is 19.4 Å². The topological polar surface area (TPSA) is 99.4 Å². The molecule has 6 nitrogen and oxygen atoms in total. The molecule has 2 N–H and O–H groups in total. The van der Waals surface area contributed by atoms with E-state index in [2.05, 4.69) is 12.2 Å². The molecule has 0 spiro atoms. The first-order chi connectivity index (χ1) is 13.0. The van der Waals surface area contributed by atoms with Crippen molar-refractivity contribution in [1.29, 1.82) is 5.26 Å². The quantitative estimate of drug-likeness (QED) is 0.417. The summed E-state index contributed by atoms with van der Waals surface area (Å²) < 4.78 is 5.58. The molecule has 2 aromatic rings. The van der Waals surface area contributed by atoms with Crippen LogP contribution in [-0.2, 0) is 4.79 Å². The molecule has 0 aliphatic rings. The lowest BCUT2D eigenvalue weighted by atomic mass is 10.1. The minimum absolute atomic E-state index is 0.0584. The number of carboxylic acids is 1. The number of carboxylic acid groups (broad SMARTS) is 1. The standard InChI is InChI=1S/C21H20N2O4/c1-2-3-12-27-19-10-4-15(5-11-19)13-17(14-22)20(24)23-18-8-6-16(7-9-18)21(25)26/h4-11,13H,2-3,12H2,1H3,(H,23,24)(H,25,26)/b17-13+. The molecule has 2 rings (SSSR count). The largest absolute Gasteiger partial charge is 0.494 e. The molecule has 0 atom stereocenters. The number of aromatic carboxylic acids is 1. The van der Waals surface area contributed by atoms with Crippen molar-refractivity contribution in [1.82, 2.24) is 0 Å². The van der Waals surface area contributed by atoms with Crippen LogP contribution >= 0.6 is 0 Å². The van der Waals surface area contributed by atoms with Crippen LogP contribution in [0.3, 0.4) is 0 Å². The van der Waals surface area contributed by atoms with Gasteiger partial charge in [-0.05, 0) is 54.5 Å². The van der Waals surface area contributed by atoms with Crippen molar-refractivity contribution in [3.63, 3.8) is 0 Å². The predicted octanol–water partition coefficient (Wildman–Crippen LogP) is 4.11. The van der Waals surface area contributed by atoms with Crippen LogP contribution in [0, 0.1) is 11.3 Å². The van der Waals surface area contributed by atoms with Crippen LogP contribution in [0.2, 0.25) is 0 Å². The van der Waals surface area contributed by atoms with E-state index >= 15 is 0 Å². The second-order valence-corrected chi connectivity index (χ2v) is 5.78. The normalized spacial score (nSPS) is 10.7. The number of rotatable bonds is 8. The summed E-state index contributed by atoms with van der Waals surface area (Å²) in [4.78, 5) is 23.1. The Balaban J connectivity index is 2.05. The van der Waals surface area contributed by atoms with Gasteiger partial charge >= 0.3 is 5.97 Å². The van der Waals surface area contributed by atoms with E-state index in [1.165, 1.54) is 30.3 Å². The lowest BCUT2D eigenvalue weighted by Gasteiger charge is -2.06. The number of hydrogen-bond acceptors (Lipinski definition) is 4. The van der Waals surface area contributed by atoms with Crippen LogP contribution in [0.5, 0.6) is 5.75 Å². The van der Waals surface area contributed by atoms with Gasteiger partial charge in [-0.1, -0.05) is 25.5 Å². The summed E-state index contributed by atoms with van der Waals surface area (Å²) in [7, 11) is 0. The monoisotopic (exact) mass is 364 g/mol. The molecule has 0 saturated carbocycles. The third kappa shape index (κ3) is 6.01. The van der Waals surface area contributed by atoms with E-state index in [-0.39, 0.29) is 11.1 Å². The molecule has 0 bridgehead atoms. The van der Waals surface area contributed by atoms with Crippen LogP contribution in [0.4, 0.5) is 5.69 Å². The minimum Gasteiger partial charge on any atom is -0.494 e. The van der Waals surface area contributed by atoms with Crippen LogP contribution in [0.1, 0.15) is 35.7 Å². The Bertz CT molecular complexity index is 863. The van der Waals surface area contributed by atoms with Gasteiger partial charge in [0.1, 0.15) is 17.4 Å². The molecule has 27 heavy (non-hydrogen) atoms. The molecule has 0 fully saturated rings. The number of unbranched alkanes of at least 4 members (excludes halogenated alkanes) is 1. The van der Waals surface area contributed by atoms with Crippen LogP contribution in [0.15, 0.2) is 54.1 Å². The number of amides is 1. The highest BCUT2D eigenvalue weighted by Gasteiger charge is 2.10. The second-order valence-electron chi connectivity index (χ2n) is 5.78. The van der Waals surface area contributed by atoms with Gasteiger partial charge < -0.3 is 15.2 Å². The van der Waals surface area contributed by atoms with Crippen molar-refractivity contribution in [3.8, 4) is 11.8 Å². The highest BCUT2D eigenvalue weighted by Crippen LogP contribution is 2.16. The van der Waals surface area contributed by atoms with Crippen LogP contribution in [-0.4, -0.2) is 23.6 Å². The molecule has 0 aromatic heterocycles. The average Bonchev–Trinajstić information content (AvgIpc) is 2.67. The maximum Gasteiger partial charge on any atom is 0.335 e. The van der Waals surface area contributed by atoms with Gasteiger partial charge in [-0.25, -0.2) is 4.79 Å². The lowest BCUT2D eigenvalue weighted by molar-refractivity contribution is -0.112. The maximum absolute atomic E-state index is 12.3. The number of anilines is 1. The first-order valence-electron chi connectivity index (χ1n) is 8.53. The molecule has 2 aromatic carbocycles. The Kier molecular flexibility index (Phi) is 7.15. The number of hydrogen-bond donors (Lipinski definition) is 2. The maximum atomic E-state index is 12.3. The van der Waals surface area contributed by atoms with Gasteiger partial charge in [-0.2, -0.15) is 5.26 Å². The van der Waals surface area contributed by atoms with Gasteiger partial charge in [0.05, 0.1) is 12.2 Å². The van der Waals surface area contributed by atoms with Crippen LogP contribution in [0.25, 0.3) is 6.08 Å². The fourth-order valence-corrected chi connectivity index (χ4v) is 2.20. The predicted molar refractivity (Wildman–Crippen MR) is 102 cm³/mol. The molecule has 6 heteroatoms. The molecule has 138 valence electrons. The summed E-state index contributed by atoms with van der Waals surface area (Å²) in [6.07, 6.45) is 3.52. The van der Waals surface area contributed by atoms with E-state index in [1.807, 2.05) is 6.07 Å². The number of carbonyl (C=O) groups excluding carboxylic acids is 1. The minimum atomic E-state index is -1.05. The number of ether oxygens (including phenoxy) is 1. The van der Waals surface area contributed by atoms with Crippen molar-refractivity contribution in [2.45, 2.75) is 19.8 Å². The molecule has 1 amide bonds. The zero-order valence-electron chi connectivity index (χ0n) is 14.9. The van der Waals surface area contributed by atoms with E-state index < -0.39 is 11.9 Å². The third-order valence-corrected chi connectivity index (χ3v) is 3.71. The lowest BCUT2D eigenvalue weighted by Crippen LogP contribution is -2.13. The first kappa shape index (κ1) is 19.7. The highest BCUT2D eigenvalue weighted by atomic mass is 16.5. The number of benzene rings is 2. The van der Waals surface area contributed by atoms with Gasteiger partial charge in [-0.15, -0.1) is 0 Å². The number of carbonyl (C=O) groups is 2. The molecule has 0 radical (unpaired) electrons. The van der Waals surface area contributed by atoms with E-state index in [0.29, 0.717) is 17.9 Å². The summed E-state index contributed by atoms with van der Waals surface area (Å²) in [6.45, 7) is 2.74. The summed E-state index contributed by atoms with van der Waals surface area (Å²) >= 11 is 0. The highest BCUT2D eigenvalue weighted by molar-refractivity contribution is 6.09. The molecule has 0 aliphatic carbocycles. The Morgan fingerprint density at radius 2 is 1.81 bits per heavy atom. The number of nitriles is 1. The van der Waals surface area contributed by atoms with E-state index in [0.717, 1.165) is 18.6 Å². The second kappa shape index (κ2) is 9.78. The van der Waals surface area contributed by atoms with E-state index in [9.17, 15) is 14.9 Å². The molecular weight excluding hydrogens is 344 g/mol. The van der Waals surface area contributed by atoms with Crippen molar-refractivity contribution in [3.05, 3.63) is 65.2 Å². The average molecular weight is 364 g/mol. The molecule has 0 saturated heterocycles. The zero-order chi connectivity index (χ0) is 19.6. The summed E-state index contributed by atoms with van der Waals surface area (Å²) in [5, 5.41) is 20.7.